The topological polar surface area (TPSA) is 84.5 Å². The summed E-state index contributed by atoms with van der Waals surface area (Å²) >= 11 is 0. The summed E-state index contributed by atoms with van der Waals surface area (Å²) in [6, 6.07) is 16.6. The summed E-state index contributed by atoms with van der Waals surface area (Å²) in [7, 11) is 0. The van der Waals surface area contributed by atoms with Gasteiger partial charge < -0.3 is 4.74 Å². The van der Waals surface area contributed by atoms with E-state index in [4.69, 9.17) is 4.74 Å². The van der Waals surface area contributed by atoms with Crippen molar-refractivity contribution in [2.45, 2.75) is 52.1 Å². The number of esters is 1. The monoisotopic (exact) mass is 396 g/mol. The molecule has 0 aliphatic carbocycles. The van der Waals surface area contributed by atoms with Gasteiger partial charge in [-0.2, -0.15) is 0 Å². The molecule has 2 aromatic carbocycles. The molecule has 154 valence electrons. The van der Waals surface area contributed by atoms with Crippen molar-refractivity contribution in [2.24, 2.45) is 0 Å². The Bertz CT molecular complexity index is 839. The molecule has 0 saturated carbocycles. The quantitative estimate of drug-likeness (QED) is 0.580. The molecule has 2 rings (SSSR count). The van der Waals surface area contributed by atoms with Crippen LogP contribution >= 0.6 is 0 Å². The maximum atomic E-state index is 12.0. The molecule has 0 spiro atoms. The summed E-state index contributed by atoms with van der Waals surface area (Å²) in [5.74, 6) is -1.52. The van der Waals surface area contributed by atoms with Crippen LogP contribution in [0.1, 0.15) is 55.6 Å². The minimum atomic E-state index is -1.01. The highest BCUT2D eigenvalue weighted by Crippen LogP contribution is 2.22. The van der Waals surface area contributed by atoms with Crippen molar-refractivity contribution in [1.29, 1.82) is 0 Å². The molecule has 0 saturated heterocycles. The molecule has 29 heavy (non-hydrogen) atoms. The third-order valence-corrected chi connectivity index (χ3v) is 4.45. The van der Waals surface area contributed by atoms with E-state index in [2.05, 4.69) is 43.8 Å². The van der Waals surface area contributed by atoms with Gasteiger partial charge in [0, 0.05) is 12.0 Å². The van der Waals surface area contributed by atoms with Gasteiger partial charge in [0.1, 0.15) is 0 Å². The molecule has 2 N–H and O–H groups in total. The average Bonchev–Trinajstić information content (AvgIpc) is 2.70. The summed E-state index contributed by atoms with van der Waals surface area (Å²) in [4.78, 5) is 35.9. The second-order valence-electron chi connectivity index (χ2n) is 7.89. The Hall–Kier alpha value is -3.15. The maximum absolute atomic E-state index is 12.0. The number of amides is 2. The van der Waals surface area contributed by atoms with E-state index in [0.717, 1.165) is 5.56 Å². The van der Waals surface area contributed by atoms with Gasteiger partial charge in [-0.15, -0.1) is 0 Å². The van der Waals surface area contributed by atoms with E-state index in [9.17, 15) is 14.4 Å². The first-order chi connectivity index (χ1) is 13.7. The summed E-state index contributed by atoms with van der Waals surface area (Å²) in [6.45, 7) is 7.90. The lowest BCUT2D eigenvalue weighted by atomic mass is 9.86. The van der Waals surface area contributed by atoms with Crippen LogP contribution in [0, 0.1) is 0 Å². The van der Waals surface area contributed by atoms with E-state index in [1.54, 1.807) is 30.3 Å². The molecule has 1 atom stereocenters. The number of hydrogen-bond donors (Lipinski definition) is 2. The maximum Gasteiger partial charge on any atom is 0.306 e. The van der Waals surface area contributed by atoms with Crippen LogP contribution in [0.15, 0.2) is 54.6 Å². The zero-order valence-electron chi connectivity index (χ0n) is 17.3. The minimum absolute atomic E-state index is 0.0795. The van der Waals surface area contributed by atoms with Gasteiger partial charge in [0.2, 0.25) is 0 Å². The van der Waals surface area contributed by atoms with Crippen LogP contribution in [0.25, 0.3) is 0 Å². The molecule has 0 aliphatic rings. The standard InChI is InChI=1S/C23H28N2O4/c1-16(21(27)24-25-22(28)18-8-6-5-7-9-18)29-20(26)15-12-17-10-13-19(14-11-17)23(2,3)4/h5-11,13-14,16H,12,15H2,1-4H3,(H,24,27)(H,25,28)/t16-/m0/s1. The minimum Gasteiger partial charge on any atom is -0.452 e. The fourth-order valence-corrected chi connectivity index (χ4v) is 2.61. The van der Waals surface area contributed by atoms with Crippen molar-refractivity contribution >= 4 is 17.8 Å². The third kappa shape index (κ3) is 7.07. The van der Waals surface area contributed by atoms with Crippen LogP contribution in [0.3, 0.4) is 0 Å². The molecule has 6 heteroatoms. The second kappa shape index (κ2) is 9.87. The van der Waals surface area contributed by atoms with Crippen molar-refractivity contribution in [3.8, 4) is 0 Å². The zero-order valence-corrected chi connectivity index (χ0v) is 17.3. The molecule has 2 amide bonds. The molecule has 2 aromatic rings. The van der Waals surface area contributed by atoms with Gasteiger partial charge >= 0.3 is 5.97 Å². The Morgan fingerprint density at radius 1 is 0.931 bits per heavy atom. The number of carbonyl (C=O) groups excluding carboxylic acids is 3. The Kier molecular flexibility index (Phi) is 7.53. The van der Waals surface area contributed by atoms with Gasteiger partial charge in [-0.05, 0) is 42.0 Å². The van der Waals surface area contributed by atoms with E-state index in [1.807, 2.05) is 12.1 Å². The van der Waals surface area contributed by atoms with Gasteiger partial charge in [0.05, 0.1) is 0 Å². The summed E-state index contributed by atoms with van der Waals surface area (Å²) in [5, 5.41) is 0. The van der Waals surface area contributed by atoms with Crippen LogP contribution in [0.5, 0.6) is 0 Å². The number of nitrogens with one attached hydrogen (secondary N) is 2. The fraction of sp³-hybridized carbons (Fsp3) is 0.348. The Morgan fingerprint density at radius 2 is 1.55 bits per heavy atom. The zero-order chi connectivity index (χ0) is 21.4. The molecular formula is C23H28N2O4. The van der Waals surface area contributed by atoms with Gasteiger partial charge in [0.15, 0.2) is 6.10 Å². The van der Waals surface area contributed by atoms with Gasteiger partial charge in [0.25, 0.3) is 11.8 Å². The highest BCUT2D eigenvalue weighted by atomic mass is 16.5. The van der Waals surface area contributed by atoms with Crippen molar-refractivity contribution in [3.05, 3.63) is 71.3 Å². The first-order valence-electron chi connectivity index (χ1n) is 9.61. The number of hydrazine groups is 1. The number of benzene rings is 2. The van der Waals surface area contributed by atoms with Crippen molar-refractivity contribution in [2.75, 3.05) is 0 Å². The van der Waals surface area contributed by atoms with Crippen LogP contribution in [-0.4, -0.2) is 23.9 Å². The van der Waals surface area contributed by atoms with Gasteiger partial charge in [-0.25, -0.2) is 0 Å². The largest absolute Gasteiger partial charge is 0.452 e. The molecule has 0 bridgehead atoms. The fourth-order valence-electron chi connectivity index (χ4n) is 2.61. The Morgan fingerprint density at radius 3 is 2.14 bits per heavy atom. The first kappa shape index (κ1) is 22.1. The number of hydrogen-bond acceptors (Lipinski definition) is 4. The predicted molar refractivity (Wildman–Crippen MR) is 111 cm³/mol. The molecule has 6 nitrogen and oxygen atoms in total. The van der Waals surface area contributed by atoms with E-state index < -0.39 is 23.9 Å². The number of aryl methyl sites for hydroxylation is 1. The summed E-state index contributed by atoms with van der Waals surface area (Å²) in [6.07, 6.45) is -0.313. The smallest absolute Gasteiger partial charge is 0.306 e. The molecule has 0 unspecified atom stereocenters. The Labute approximate surface area is 171 Å². The van der Waals surface area contributed by atoms with Crippen LogP contribution < -0.4 is 10.9 Å². The summed E-state index contributed by atoms with van der Waals surface area (Å²) in [5.41, 5.74) is 7.31. The van der Waals surface area contributed by atoms with Crippen LogP contribution in [0.4, 0.5) is 0 Å². The lowest BCUT2D eigenvalue weighted by Gasteiger charge is -2.19. The average molecular weight is 396 g/mol. The van der Waals surface area contributed by atoms with Crippen LogP contribution in [0.2, 0.25) is 0 Å². The lowest BCUT2D eigenvalue weighted by molar-refractivity contribution is -0.155. The molecule has 0 aliphatic heterocycles. The van der Waals surface area contributed by atoms with E-state index in [0.29, 0.717) is 12.0 Å². The Balaban J connectivity index is 1.75. The SMILES string of the molecule is C[C@H](OC(=O)CCc1ccc(C(C)(C)C)cc1)C(=O)NNC(=O)c1ccccc1. The molecule has 0 heterocycles. The van der Waals surface area contributed by atoms with Gasteiger partial charge in [-0.1, -0.05) is 63.2 Å². The molecule has 0 aromatic heterocycles. The molecular weight excluding hydrogens is 368 g/mol. The summed E-state index contributed by atoms with van der Waals surface area (Å²) < 4.78 is 5.15. The van der Waals surface area contributed by atoms with Crippen molar-refractivity contribution in [1.82, 2.24) is 10.9 Å². The predicted octanol–water partition coefficient (Wildman–Crippen LogP) is 3.31. The van der Waals surface area contributed by atoms with E-state index in [-0.39, 0.29) is 11.8 Å². The highest BCUT2D eigenvalue weighted by Gasteiger charge is 2.19. The number of ether oxygens (including phenoxy) is 1. The van der Waals surface area contributed by atoms with Crippen LogP contribution in [-0.2, 0) is 26.2 Å². The second-order valence-corrected chi connectivity index (χ2v) is 7.89. The first-order valence-corrected chi connectivity index (χ1v) is 9.61. The van der Waals surface area contributed by atoms with E-state index >= 15 is 0 Å². The molecule has 0 radical (unpaired) electrons. The van der Waals surface area contributed by atoms with Gasteiger partial charge in [-0.3, -0.25) is 25.2 Å². The van der Waals surface area contributed by atoms with Crippen molar-refractivity contribution < 1.29 is 19.1 Å². The highest BCUT2D eigenvalue weighted by molar-refractivity contribution is 5.95. The lowest BCUT2D eigenvalue weighted by Crippen LogP contribution is -2.46. The van der Waals surface area contributed by atoms with E-state index in [1.165, 1.54) is 12.5 Å². The molecule has 0 fully saturated rings. The third-order valence-electron chi connectivity index (χ3n) is 4.45. The number of rotatable bonds is 6. The number of carbonyl (C=O) groups is 3. The van der Waals surface area contributed by atoms with Crippen molar-refractivity contribution in [3.63, 3.8) is 0 Å². The normalized spacial score (nSPS) is 12.0.